The SMILES string of the molecule is Cc1cc(OCC(=O)N2C[C@@H]3CN(C(=O)c4ccc5n[nH]nc5c4)C[C@@H]3C2)ccc1Cl. The van der Waals surface area contributed by atoms with Gasteiger partial charge in [0.05, 0.1) is 0 Å². The van der Waals surface area contributed by atoms with Crippen molar-refractivity contribution in [3.8, 4) is 5.75 Å². The topological polar surface area (TPSA) is 91.4 Å². The lowest BCUT2D eigenvalue weighted by molar-refractivity contribution is -0.132. The van der Waals surface area contributed by atoms with E-state index in [0.29, 0.717) is 59.9 Å². The van der Waals surface area contributed by atoms with Crippen LogP contribution in [-0.4, -0.2) is 69.8 Å². The van der Waals surface area contributed by atoms with E-state index in [9.17, 15) is 9.59 Å². The Morgan fingerprint density at radius 2 is 1.74 bits per heavy atom. The van der Waals surface area contributed by atoms with Crippen LogP contribution in [0.2, 0.25) is 5.02 Å². The molecule has 8 nitrogen and oxygen atoms in total. The van der Waals surface area contributed by atoms with Crippen LogP contribution in [0.3, 0.4) is 0 Å². The summed E-state index contributed by atoms with van der Waals surface area (Å²) < 4.78 is 5.66. The molecule has 2 aliphatic heterocycles. The second kappa shape index (κ2) is 7.85. The van der Waals surface area contributed by atoms with Crippen molar-refractivity contribution in [3.63, 3.8) is 0 Å². The molecule has 2 aromatic carbocycles. The van der Waals surface area contributed by atoms with Gasteiger partial charge in [-0.3, -0.25) is 9.59 Å². The smallest absolute Gasteiger partial charge is 0.260 e. The molecule has 0 saturated carbocycles. The zero-order valence-corrected chi connectivity index (χ0v) is 17.8. The number of H-pyrrole nitrogens is 1. The van der Waals surface area contributed by atoms with Crippen molar-refractivity contribution < 1.29 is 14.3 Å². The third-order valence-electron chi connectivity index (χ3n) is 6.18. The van der Waals surface area contributed by atoms with Crippen LogP contribution in [0.1, 0.15) is 15.9 Å². The lowest BCUT2D eigenvalue weighted by atomic mass is 10.0. The molecule has 0 bridgehead atoms. The third kappa shape index (κ3) is 3.83. The molecule has 0 aliphatic carbocycles. The highest BCUT2D eigenvalue weighted by molar-refractivity contribution is 6.31. The Morgan fingerprint density at radius 1 is 1.03 bits per heavy atom. The average Bonchev–Trinajstić information content (AvgIpc) is 3.47. The first-order valence-corrected chi connectivity index (χ1v) is 10.6. The molecule has 2 amide bonds. The van der Waals surface area contributed by atoms with Crippen LogP contribution in [0.25, 0.3) is 11.0 Å². The molecule has 0 unspecified atom stereocenters. The number of aryl methyl sites for hydroxylation is 1. The summed E-state index contributed by atoms with van der Waals surface area (Å²) in [5.41, 5.74) is 2.94. The van der Waals surface area contributed by atoms with Gasteiger partial charge in [0, 0.05) is 48.6 Å². The van der Waals surface area contributed by atoms with Gasteiger partial charge in [0.2, 0.25) is 0 Å². The van der Waals surface area contributed by atoms with E-state index in [1.165, 1.54) is 0 Å². The van der Waals surface area contributed by atoms with E-state index in [2.05, 4.69) is 15.4 Å². The van der Waals surface area contributed by atoms with Crippen molar-refractivity contribution in [2.45, 2.75) is 6.92 Å². The maximum absolute atomic E-state index is 12.9. The number of fused-ring (bicyclic) bond motifs is 2. The van der Waals surface area contributed by atoms with E-state index >= 15 is 0 Å². The van der Waals surface area contributed by atoms with E-state index in [4.69, 9.17) is 16.3 Å². The largest absolute Gasteiger partial charge is 0.484 e. The van der Waals surface area contributed by atoms with Crippen molar-refractivity contribution in [1.82, 2.24) is 25.2 Å². The van der Waals surface area contributed by atoms with Crippen LogP contribution >= 0.6 is 11.6 Å². The van der Waals surface area contributed by atoms with Crippen LogP contribution in [0, 0.1) is 18.8 Å². The predicted octanol–water partition coefficient (Wildman–Crippen LogP) is 2.53. The monoisotopic (exact) mass is 439 g/mol. The molecule has 3 aromatic rings. The summed E-state index contributed by atoms with van der Waals surface area (Å²) >= 11 is 6.03. The highest BCUT2D eigenvalue weighted by Crippen LogP contribution is 2.32. The first-order valence-electron chi connectivity index (χ1n) is 10.2. The summed E-state index contributed by atoms with van der Waals surface area (Å²) in [7, 11) is 0. The third-order valence-corrected chi connectivity index (χ3v) is 6.61. The van der Waals surface area contributed by atoms with Gasteiger partial charge in [-0.05, 0) is 48.9 Å². The fourth-order valence-electron chi connectivity index (χ4n) is 4.46. The molecule has 1 aromatic heterocycles. The number of nitrogens with zero attached hydrogens (tertiary/aromatic N) is 4. The predicted molar refractivity (Wildman–Crippen MR) is 115 cm³/mol. The van der Waals surface area contributed by atoms with E-state index in [1.807, 2.05) is 22.8 Å². The van der Waals surface area contributed by atoms with Gasteiger partial charge >= 0.3 is 0 Å². The molecule has 0 spiro atoms. The van der Waals surface area contributed by atoms with Gasteiger partial charge in [-0.2, -0.15) is 15.4 Å². The molecule has 160 valence electrons. The summed E-state index contributed by atoms with van der Waals surface area (Å²) in [5, 5.41) is 11.3. The zero-order valence-electron chi connectivity index (χ0n) is 17.0. The normalized spacial score (nSPS) is 20.3. The Morgan fingerprint density at radius 3 is 2.48 bits per heavy atom. The number of benzene rings is 2. The van der Waals surface area contributed by atoms with Crippen LogP contribution in [0.15, 0.2) is 36.4 Å². The lowest BCUT2D eigenvalue weighted by Crippen LogP contribution is -2.37. The standard InChI is InChI=1S/C22H22ClN5O3/c1-13-6-17(3-4-18(13)23)31-12-21(29)27-8-15-10-28(11-16(15)9-27)22(30)14-2-5-19-20(7-14)25-26-24-19/h2-7,15-16H,8-12H2,1H3,(H,24,25,26)/t15-,16+. The molecule has 2 aliphatic rings. The molecular weight excluding hydrogens is 418 g/mol. The fourth-order valence-corrected chi connectivity index (χ4v) is 4.58. The van der Waals surface area contributed by atoms with Gasteiger partial charge < -0.3 is 14.5 Å². The number of carbonyl (C=O) groups is 2. The molecule has 2 fully saturated rings. The maximum Gasteiger partial charge on any atom is 0.260 e. The van der Waals surface area contributed by atoms with Gasteiger partial charge in [0.15, 0.2) is 6.61 Å². The van der Waals surface area contributed by atoms with Crippen LogP contribution in [-0.2, 0) is 4.79 Å². The number of ether oxygens (including phenoxy) is 1. The number of hydrogen-bond donors (Lipinski definition) is 1. The van der Waals surface area contributed by atoms with E-state index in [0.717, 1.165) is 11.1 Å². The van der Waals surface area contributed by atoms with Crippen molar-refractivity contribution >= 4 is 34.4 Å². The molecule has 0 radical (unpaired) electrons. The number of nitrogens with one attached hydrogen (secondary N) is 1. The van der Waals surface area contributed by atoms with Crippen molar-refractivity contribution in [1.29, 1.82) is 0 Å². The second-order valence-electron chi connectivity index (χ2n) is 8.26. The number of rotatable bonds is 4. The van der Waals surface area contributed by atoms with Crippen LogP contribution in [0.4, 0.5) is 0 Å². The number of aromatic nitrogens is 3. The minimum atomic E-state index is -0.0311. The molecule has 2 atom stereocenters. The first kappa shape index (κ1) is 19.8. The molecule has 9 heteroatoms. The number of aromatic amines is 1. The minimum absolute atomic E-state index is 0.000865. The lowest BCUT2D eigenvalue weighted by Gasteiger charge is -2.22. The molecular formula is C22H22ClN5O3. The van der Waals surface area contributed by atoms with Gasteiger partial charge in [-0.25, -0.2) is 0 Å². The fraction of sp³-hybridized carbons (Fsp3) is 0.364. The summed E-state index contributed by atoms with van der Waals surface area (Å²) in [5.74, 6) is 1.19. The highest BCUT2D eigenvalue weighted by atomic mass is 35.5. The van der Waals surface area contributed by atoms with E-state index in [-0.39, 0.29) is 18.4 Å². The Bertz CT molecular complexity index is 1150. The van der Waals surface area contributed by atoms with Gasteiger partial charge in [-0.15, -0.1) is 0 Å². The van der Waals surface area contributed by atoms with Crippen LogP contribution in [0.5, 0.6) is 5.75 Å². The Balaban J connectivity index is 1.16. The zero-order chi connectivity index (χ0) is 21.5. The van der Waals surface area contributed by atoms with Crippen molar-refractivity contribution in [2.75, 3.05) is 32.8 Å². The van der Waals surface area contributed by atoms with E-state index in [1.54, 1.807) is 30.3 Å². The number of halogens is 1. The number of amides is 2. The van der Waals surface area contributed by atoms with Crippen molar-refractivity contribution in [2.24, 2.45) is 11.8 Å². The number of likely N-dealkylation sites (tertiary alicyclic amines) is 2. The summed E-state index contributed by atoms with van der Waals surface area (Å²) in [6, 6.07) is 10.7. The quantitative estimate of drug-likeness (QED) is 0.674. The Labute approximate surface area is 184 Å². The summed E-state index contributed by atoms with van der Waals surface area (Å²) in [6.07, 6.45) is 0. The van der Waals surface area contributed by atoms with Gasteiger partial charge in [0.25, 0.3) is 11.8 Å². The minimum Gasteiger partial charge on any atom is -0.484 e. The Hall–Kier alpha value is -3.13. The van der Waals surface area contributed by atoms with Gasteiger partial charge in [-0.1, -0.05) is 11.6 Å². The van der Waals surface area contributed by atoms with Gasteiger partial charge in [0.1, 0.15) is 16.8 Å². The van der Waals surface area contributed by atoms with Crippen LogP contribution < -0.4 is 4.74 Å². The Kier molecular flexibility index (Phi) is 5.02. The number of hydrogen-bond acceptors (Lipinski definition) is 5. The summed E-state index contributed by atoms with van der Waals surface area (Å²) in [4.78, 5) is 29.3. The first-order chi connectivity index (χ1) is 15.0. The second-order valence-corrected chi connectivity index (χ2v) is 8.66. The molecule has 31 heavy (non-hydrogen) atoms. The molecule has 3 heterocycles. The summed E-state index contributed by atoms with van der Waals surface area (Å²) in [6.45, 7) is 4.51. The highest BCUT2D eigenvalue weighted by Gasteiger charge is 2.43. The molecule has 5 rings (SSSR count). The molecule has 2 saturated heterocycles. The maximum atomic E-state index is 12.9. The average molecular weight is 440 g/mol. The number of carbonyl (C=O) groups excluding carboxylic acids is 2. The van der Waals surface area contributed by atoms with E-state index < -0.39 is 0 Å². The van der Waals surface area contributed by atoms with Crippen molar-refractivity contribution in [3.05, 3.63) is 52.5 Å². The molecule has 1 N–H and O–H groups in total.